The lowest BCUT2D eigenvalue weighted by molar-refractivity contribution is -0.134. The summed E-state index contributed by atoms with van der Waals surface area (Å²) in [6, 6.07) is 11.9. The molecule has 2 N–H and O–H groups in total. The maximum Gasteiger partial charge on any atom is 0.325 e. The van der Waals surface area contributed by atoms with Gasteiger partial charge in [-0.05, 0) is 49.3 Å². The van der Waals surface area contributed by atoms with Gasteiger partial charge < -0.3 is 10.6 Å². The van der Waals surface area contributed by atoms with Crippen LogP contribution >= 0.6 is 11.6 Å². The third-order valence-electron chi connectivity index (χ3n) is 6.01. The van der Waals surface area contributed by atoms with E-state index in [2.05, 4.69) is 15.5 Å². The van der Waals surface area contributed by atoms with Gasteiger partial charge in [-0.25, -0.2) is 9.18 Å². The van der Waals surface area contributed by atoms with Gasteiger partial charge in [0.25, 0.3) is 5.91 Å². The lowest BCUT2D eigenvalue weighted by Crippen LogP contribution is -2.45. The van der Waals surface area contributed by atoms with Crippen LogP contribution in [0.2, 0.25) is 5.02 Å². The number of carbonyl (C=O) groups excluding carboxylic acids is 3. The first-order chi connectivity index (χ1) is 15.7. The minimum absolute atomic E-state index is 0.162. The molecule has 9 heteroatoms. The summed E-state index contributed by atoms with van der Waals surface area (Å²) in [5.41, 5.74) is -0.0423. The number of hydrogen-bond acceptors (Lipinski definition) is 4. The molecule has 0 aliphatic carbocycles. The maximum atomic E-state index is 13.3. The van der Waals surface area contributed by atoms with Crippen LogP contribution in [0.5, 0.6) is 0 Å². The molecule has 2 aromatic carbocycles. The van der Waals surface area contributed by atoms with E-state index < -0.39 is 35.7 Å². The molecule has 2 unspecified atom stereocenters. The molecule has 7 nitrogen and oxygen atoms in total. The first kappa shape index (κ1) is 24.7. The highest BCUT2D eigenvalue weighted by Gasteiger charge is 2.49. The molecule has 1 aliphatic heterocycles. The SMILES string of the molecule is CCN(CC)C(CNC(=O)CN1C(=O)NC(C)(c2ccc(F)cc2)C1=O)c1ccccc1Cl. The Bertz CT molecular complexity index is 1030. The van der Waals surface area contributed by atoms with Crippen molar-refractivity contribution in [2.24, 2.45) is 0 Å². The summed E-state index contributed by atoms with van der Waals surface area (Å²) in [4.78, 5) is 41.3. The van der Waals surface area contributed by atoms with E-state index in [1.54, 1.807) is 6.07 Å². The Labute approximate surface area is 197 Å². The highest BCUT2D eigenvalue weighted by molar-refractivity contribution is 6.31. The molecule has 1 saturated heterocycles. The minimum Gasteiger partial charge on any atom is -0.353 e. The van der Waals surface area contributed by atoms with Gasteiger partial charge in [-0.2, -0.15) is 0 Å². The van der Waals surface area contributed by atoms with Crippen LogP contribution in [0.15, 0.2) is 48.5 Å². The number of halogens is 2. The molecule has 3 rings (SSSR count). The van der Waals surface area contributed by atoms with Crippen LogP contribution in [-0.4, -0.2) is 53.8 Å². The van der Waals surface area contributed by atoms with Gasteiger partial charge in [0.15, 0.2) is 0 Å². The van der Waals surface area contributed by atoms with Crippen molar-refractivity contribution in [3.63, 3.8) is 0 Å². The number of carbonyl (C=O) groups is 3. The van der Waals surface area contributed by atoms with Crippen LogP contribution in [-0.2, 0) is 15.1 Å². The Kier molecular flexibility index (Phi) is 7.71. The van der Waals surface area contributed by atoms with Gasteiger partial charge in [-0.15, -0.1) is 0 Å². The summed E-state index contributed by atoms with van der Waals surface area (Å²) >= 11 is 6.40. The van der Waals surface area contributed by atoms with Crippen molar-refractivity contribution in [1.82, 2.24) is 20.4 Å². The van der Waals surface area contributed by atoms with Crippen LogP contribution in [0.25, 0.3) is 0 Å². The van der Waals surface area contributed by atoms with Crippen LogP contribution in [0.1, 0.15) is 37.9 Å². The topological polar surface area (TPSA) is 81.8 Å². The lowest BCUT2D eigenvalue weighted by atomic mass is 9.92. The Morgan fingerprint density at radius 3 is 2.39 bits per heavy atom. The van der Waals surface area contributed by atoms with Crippen molar-refractivity contribution in [1.29, 1.82) is 0 Å². The zero-order valence-corrected chi connectivity index (χ0v) is 19.7. The zero-order chi connectivity index (χ0) is 24.2. The molecular formula is C24H28ClFN4O3. The number of likely N-dealkylation sites (N-methyl/N-ethyl adjacent to an activating group) is 1. The molecule has 33 heavy (non-hydrogen) atoms. The lowest BCUT2D eigenvalue weighted by Gasteiger charge is -2.31. The second-order valence-electron chi connectivity index (χ2n) is 8.02. The Hall–Kier alpha value is -2.97. The molecule has 1 aliphatic rings. The fourth-order valence-corrected chi connectivity index (χ4v) is 4.34. The molecule has 0 spiro atoms. The third-order valence-corrected chi connectivity index (χ3v) is 6.35. The fraction of sp³-hybridized carbons (Fsp3) is 0.375. The Balaban J connectivity index is 1.70. The van der Waals surface area contributed by atoms with E-state index in [9.17, 15) is 18.8 Å². The zero-order valence-electron chi connectivity index (χ0n) is 18.9. The van der Waals surface area contributed by atoms with Gasteiger partial charge in [0.05, 0.1) is 6.04 Å². The van der Waals surface area contributed by atoms with E-state index in [0.717, 1.165) is 23.6 Å². The number of urea groups is 1. The van der Waals surface area contributed by atoms with Crippen LogP contribution in [0, 0.1) is 5.82 Å². The van der Waals surface area contributed by atoms with Crippen LogP contribution in [0.3, 0.4) is 0 Å². The molecule has 0 bridgehead atoms. The number of nitrogens with one attached hydrogen (secondary N) is 2. The van der Waals surface area contributed by atoms with Crippen LogP contribution < -0.4 is 10.6 Å². The number of nitrogens with zero attached hydrogens (tertiary/aromatic N) is 2. The fourth-order valence-electron chi connectivity index (χ4n) is 4.07. The second kappa shape index (κ2) is 10.3. The van der Waals surface area contributed by atoms with Gasteiger partial charge in [0.2, 0.25) is 5.91 Å². The van der Waals surface area contributed by atoms with Gasteiger partial charge in [0.1, 0.15) is 17.9 Å². The number of amides is 4. The van der Waals surface area contributed by atoms with E-state index >= 15 is 0 Å². The van der Waals surface area contributed by atoms with Crippen molar-refractivity contribution in [3.05, 3.63) is 70.5 Å². The van der Waals surface area contributed by atoms with Crippen molar-refractivity contribution in [2.45, 2.75) is 32.4 Å². The third kappa shape index (κ3) is 5.17. The van der Waals surface area contributed by atoms with Gasteiger partial charge in [-0.3, -0.25) is 19.4 Å². The average molecular weight is 475 g/mol. The number of hydrogen-bond donors (Lipinski definition) is 2. The van der Waals surface area contributed by atoms with Crippen molar-refractivity contribution < 1.29 is 18.8 Å². The van der Waals surface area contributed by atoms with Gasteiger partial charge >= 0.3 is 6.03 Å². The summed E-state index contributed by atoms with van der Waals surface area (Å²) in [5, 5.41) is 6.06. The molecule has 4 amide bonds. The first-order valence-corrected chi connectivity index (χ1v) is 11.2. The standard InChI is InChI=1S/C24H28ClFN4O3/c1-4-29(5-2)20(18-8-6-7-9-19(18)25)14-27-21(31)15-30-22(32)24(3,28-23(30)33)16-10-12-17(26)13-11-16/h6-13,20H,4-5,14-15H2,1-3H3,(H,27,31)(H,28,33). The summed E-state index contributed by atoms with van der Waals surface area (Å²) in [6.07, 6.45) is 0. The molecular weight excluding hydrogens is 447 g/mol. The quantitative estimate of drug-likeness (QED) is 0.545. The minimum atomic E-state index is -1.37. The first-order valence-electron chi connectivity index (χ1n) is 10.9. The smallest absolute Gasteiger partial charge is 0.325 e. The highest BCUT2D eigenvalue weighted by Crippen LogP contribution is 2.29. The van der Waals surface area contributed by atoms with Crippen LogP contribution in [0.4, 0.5) is 9.18 Å². The molecule has 2 atom stereocenters. The number of rotatable bonds is 9. The molecule has 0 radical (unpaired) electrons. The highest BCUT2D eigenvalue weighted by atomic mass is 35.5. The summed E-state index contributed by atoms with van der Waals surface area (Å²) in [7, 11) is 0. The van der Waals surface area contributed by atoms with Crippen molar-refractivity contribution >= 4 is 29.4 Å². The molecule has 0 aromatic heterocycles. The van der Waals surface area contributed by atoms with Gasteiger partial charge in [-0.1, -0.05) is 55.8 Å². The summed E-state index contributed by atoms with van der Waals surface area (Å²) < 4.78 is 13.3. The normalized spacial score (nSPS) is 19.0. The Morgan fingerprint density at radius 1 is 1.15 bits per heavy atom. The largest absolute Gasteiger partial charge is 0.353 e. The molecule has 1 heterocycles. The molecule has 176 valence electrons. The van der Waals surface area contributed by atoms with Gasteiger partial charge in [0, 0.05) is 11.6 Å². The van der Waals surface area contributed by atoms with E-state index in [0.29, 0.717) is 10.6 Å². The average Bonchev–Trinajstić information content (AvgIpc) is 3.01. The molecule has 0 saturated carbocycles. The van der Waals surface area contributed by atoms with E-state index in [4.69, 9.17) is 11.6 Å². The Morgan fingerprint density at radius 2 is 1.79 bits per heavy atom. The van der Waals surface area contributed by atoms with E-state index in [-0.39, 0.29) is 12.6 Å². The predicted octanol–water partition coefficient (Wildman–Crippen LogP) is 3.45. The van der Waals surface area contributed by atoms with Crippen molar-refractivity contribution in [3.8, 4) is 0 Å². The summed E-state index contributed by atoms with van der Waals surface area (Å²) in [5.74, 6) is -1.48. The number of benzene rings is 2. The van der Waals surface area contributed by atoms with E-state index in [1.807, 2.05) is 32.0 Å². The number of imide groups is 1. The molecule has 2 aromatic rings. The summed E-state index contributed by atoms with van der Waals surface area (Å²) in [6.45, 7) is 6.94. The van der Waals surface area contributed by atoms with Crippen molar-refractivity contribution in [2.75, 3.05) is 26.2 Å². The second-order valence-corrected chi connectivity index (χ2v) is 8.42. The monoisotopic (exact) mass is 474 g/mol. The molecule has 1 fully saturated rings. The maximum absolute atomic E-state index is 13.3. The van der Waals surface area contributed by atoms with E-state index in [1.165, 1.54) is 31.2 Å². The predicted molar refractivity (Wildman–Crippen MR) is 124 cm³/mol.